The van der Waals surface area contributed by atoms with Crippen LogP contribution in [0.25, 0.3) is 10.9 Å². The molecule has 0 saturated heterocycles. The minimum Gasteiger partial charge on any atom is -0.481 e. The van der Waals surface area contributed by atoms with Crippen LogP contribution < -0.4 is 5.32 Å². The number of carbonyl (C=O) groups is 1. The van der Waals surface area contributed by atoms with Gasteiger partial charge in [-0.25, -0.2) is 0 Å². The van der Waals surface area contributed by atoms with Crippen LogP contribution in [0.1, 0.15) is 44.7 Å². The summed E-state index contributed by atoms with van der Waals surface area (Å²) >= 11 is 0. The highest BCUT2D eigenvalue weighted by atomic mass is 16.4. The Labute approximate surface area is 149 Å². The molecule has 0 bridgehead atoms. The molecule has 0 amide bonds. The van der Waals surface area contributed by atoms with Crippen LogP contribution in [0.4, 0.5) is 0 Å². The number of nitriles is 1. The zero-order chi connectivity index (χ0) is 18.4. The van der Waals surface area contributed by atoms with Crippen LogP contribution in [-0.4, -0.2) is 29.1 Å². The first-order chi connectivity index (χ1) is 11.8. The zero-order valence-corrected chi connectivity index (χ0v) is 15.2. The number of aromatic amines is 1. The average molecular weight is 341 g/mol. The van der Waals surface area contributed by atoms with Crippen LogP contribution in [0.5, 0.6) is 0 Å². The summed E-state index contributed by atoms with van der Waals surface area (Å²) in [5.74, 6) is -1.13. The molecule has 0 aliphatic carbocycles. The van der Waals surface area contributed by atoms with Gasteiger partial charge in [0, 0.05) is 23.6 Å². The Hall–Kier alpha value is -2.32. The Morgan fingerprint density at radius 2 is 2.12 bits per heavy atom. The summed E-state index contributed by atoms with van der Waals surface area (Å²) in [6, 6.07) is 7.87. The third-order valence-electron chi connectivity index (χ3n) is 4.64. The maximum atomic E-state index is 11.3. The third-order valence-corrected chi connectivity index (χ3v) is 4.64. The normalized spacial score (nSPS) is 12.9. The number of carboxylic acid groups (broad SMARTS) is 1. The topological polar surface area (TPSA) is 88.9 Å². The lowest BCUT2D eigenvalue weighted by Gasteiger charge is -2.27. The third kappa shape index (κ3) is 5.07. The number of benzene rings is 1. The van der Waals surface area contributed by atoms with Gasteiger partial charge in [0.2, 0.25) is 0 Å². The van der Waals surface area contributed by atoms with E-state index in [2.05, 4.69) is 16.4 Å². The number of aliphatic carboxylic acids is 1. The van der Waals surface area contributed by atoms with Crippen molar-refractivity contribution in [3.05, 3.63) is 35.5 Å². The molecule has 3 N–H and O–H groups in total. The molecule has 1 aromatic heterocycles. The molecule has 25 heavy (non-hydrogen) atoms. The van der Waals surface area contributed by atoms with Crippen molar-refractivity contribution in [3.8, 4) is 6.07 Å². The second kappa shape index (κ2) is 8.17. The fourth-order valence-corrected chi connectivity index (χ4v) is 3.03. The van der Waals surface area contributed by atoms with Crippen molar-refractivity contribution in [1.29, 1.82) is 5.26 Å². The molecule has 2 aromatic rings. The molecular weight excluding hydrogens is 314 g/mol. The van der Waals surface area contributed by atoms with Gasteiger partial charge in [0.1, 0.15) is 0 Å². The highest BCUT2D eigenvalue weighted by molar-refractivity contribution is 5.84. The van der Waals surface area contributed by atoms with E-state index < -0.39 is 5.97 Å². The molecule has 0 aliphatic rings. The van der Waals surface area contributed by atoms with E-state index in [9.17, 15) is 9.90 Å². The predicted octanol–water partition coefficient (Wildman–Crippen LogP) is 3.70. The van der Waals surface area contributed by atoms with Crippen molar-refractivity contribution in [1.82, 2.24) is 10.3 Å². The molecule has 5 nitrogen and oxygen atoms in total. The van der Waals surface area contributed by atoms with Gasteiger partial charge in [0.25, 0.3) is 0 Å². The molecule has 0 saturated carbocycles. The van der Waals surface area contributed by atoms with Gasteiger partial charge in [0.05, 0.1) is 17.6 Å². The van der Waals surface area contributed by atoms with E-state index in [0.717, 1.165) is 36.7 Å². The molecular formula is C20H27N3O2. The first-order valence-corrected chi connectivity index (χ1v) is 8.76. The number of nitrogens with zero attached hydrogens (tertiary/aromatic N) is 1. The maximum absolute atomic E-state index is 11.3. The largest absolute Gasteiger partial charge is 0.481 e. The zero-order valence-electron chi connectivity index (χ0n) is 15.2. The molecule has 1 atom stereocenters. The first-order valence-electron chi connectivity index (χ1n) is 8.76. The standard InChI is InChI=1S/C20H27N3O2/c1-20(2,3)17(19(24)25)13-22-9-5-4-6-15-12-23-18-8-7-14(11-21)10-16(15)18/h7-8,10,12,17,22-23H,4-6,9,13H2,1-3H3,(H,24,25). The Morgan fingerprint density at radius 1 is 1.36 bits per heavy atom. The molecule has 0 spiro atoms. The second-order valence-electron chi connectivity index (χ2n) is 7.60. The van der Waals surface area contributed by atoms with Crippen molar-refractivity contribution < 1.29 is 9.90 Å². The minimum atomic E-state index is -0.743. The fourth-order valence-electron chi connectivity index (χ4n) is 3.03. The van der Waals surface area contributed by atoms with Gasteiger partial charge in [-0.1, -0.05) is 20.8 Å². The lowest BCUT2D eigenvalue weighted by molar-refractivity contribution is -0.145. The number of H-pyrrole nitrogens is 1. The van der Waals surface area contributed by atoms with Gasteiger partial charge in [0.15, 0.2) is 0 Å². The summed E-state index contributed by atoms with van der Waals surface area (Å²) < 4.78 is 0. The van der Waals surface area contributed by atoms with Crippen molar-refractivity contribution in [3.63, 3.8) is 0 Å². The van der Waals surface area contributed by atoms with E-state index >= 15 is 0 Å². The average Bonchev–Trinajstić information content (AvgIpc) is 2.94. The van der Waals surface area contributed by atoms with Gasteiger partial charge in [-0.05, 0) is 55.0 Å². The molecule has 0 aliphatic heterocycles. The molecule has 1 unspecified atom stereocenters. The van der Waals surface area contributed by atoms with E-state index in [-0.39, 0.29) is 11.3 Å². The Balaban J connectivity index is 1.78. The Bertz CT molecular complexity index is 765. The summed E-state index contributed by atoms with van der Waals surface area (Å²) in [5.41, 5.74) is 2.71. The number of hydrogen-bond donors (Lipinski definition) is 3. The van der Waals surface area contributed by atoms with E-state index in [1.54, 1.807) is 0 Å². The van der Waals surface area contributed by atoms with Crippen molar-refractivity contribution in [2.24, 2.45) is 11.3 Å². The monoisotopic (exact) mass is 341 g/mol. The van der Waals surface area contributed by atoms with E-state index in [4.69, 9.17) is 5.26 Å². The van der Waals surface area contributed by atoms with Crippen LogP contribution >= 0.6 is 0 Å². The van der Waals surface area contributed by atoms with Crippen LogP contribution in [0.2, 0.25) is 0 Å². The number of aromatic nitrogens is 1. The van der Waals surface area contributed by atoms with Crippen molar-refractivity contribution >= 4 is 16.9 Å². The summed E-state index contributed by atoms with van der Waals surface area (Å²) in [6.45, 7) is 7.18. The second-order valence-corrected chi connectivity index (χ2v) is 7.60. The van der Waals surface area contributed by atoms with E-state index in [1.165, 1.54) is 5.56 Å². The van der Waals surface area contributed by atoms with Gasteiger partial charge in [-0.3, -0.25) is 4.79 Å². The maximum Gasteiger partial charge on any atom is 0.308 e. The number of hydrogen-bond acceptors (Lipinski definition) is 3. The summed E-state index contributed by atoms with van der Waals surface area (Å²) in [5, 5.41) is 22.7. The molecule has 5 heteroatoms. The molecule has 1 heterocycles. The summed E-state index contributed by atoms with van der Waals surface area (Å²) in [6.07, 6.45) is 4.96. The molecule has 2 rings (SSSR count). The van der Waals surface area contributed by atoms with Gasteiger partial charge in [-0.15, -0.1) is 0 Å². The summed E-state index contributed by atoms with van der Waals surface area (Å²) in [4.78, 5) is 14.6. The number of aryl methyl sites for hydroxylation is 1. The SMILES string of the molecule is CC(C)(C)C(CNCCCCc1c[nH]c2ccc(C#N)cc12)C(=O)O. The smallest absolute Gasteiger partial charge is 0.308 e. The lowest BCUT2D eigenvalue weighted by atomic mass is 9.81. The van der Waals surface area contributed by atoms with E-state index in [1.807, 2.05) is 45.2 Å². The summed E-state index contributed by atoms with van der Waals surface area (Å²) in [7, 11) is 0. The highest BCUT2D eigenvalue weighted by Gasteiger charge is 2.30. The minimum absolute atomic E-state index is 0.249. The Morgan fingerprint density at radius 3 is 2.76 bits per heavy atom. The van der Waals surface area contributed by atoms with Crippen LogP contribution in [-0.2, 0) is 11.2 Å². The number of rotatable bonds is 8. The Kier molecular flexibility index (Phi) is 6.22. The van der Waals surface area contributed by atoms with Crippen molar-refractivity contribution in [2.75, 3.05) is 13.1 Å². The van der Waals surface area contributed by atoms with Crippen LogP contribution in [0.15, 0.2) is 24.4 Å². The van der Waals surface area contributed by atoms with Gasteiger partial charge < -0.3 is 15.4 Å². The lowest BCUT2D eigenvalue weighted by Crippen LogP contribution is -2.37. The van der Waals surface area contributed by atoms with Crippen molar-refractivity contribution in [2.45, 2.75) is 40.0 Å². The quantitative estimate of drug-likeness (QED) is 0.639. The molecule has 0 fully saturated rings. The first kappa shape index (κ1) is 19.0. The van der Waals surface area contributed by atoms with Gasteiger partial charge in [-0.2, -0.15) is 5.26 Å². The molecule has 0 radical (unpaired) electrons. The van der Waals surface area contributed by atoms with Crippen LogP contribution in [0, 0.1) is 22.7 Å². The fraction of sp³-hybridized carbons (Fsp3) is 0.500. The molecule has 134 valence electrons. The number of carboxylic acids is 1. The number of unbranched alkanes of at least 4 members (excludes halogenated alkanes) is 1. The van der Waals surface area contributed by atoms with E-state index in [0.29, 0.717) is 12.1 Å². The molecule has 1 aromatic carbocycles. The number of nitrogens with one attached hydrogen (secondary N) is 2. The highest BCUT2D eigenvalue weighted by Crippen LogP contribution is 2.25. The van der Waals surface area contributed by atoms with Crippen LogP contribution in [0.3, 0.4) is 0 Å². The van der Waals surface area contributed by atoms with Gasteiger partial charge >= 0.3 is 5.97 Å². The number of fused-ring (bicyclic) bond motifs is 1. The predicted molar refractivity (Wildman–Crippen MR) is 99.4 cm³/mol.